The molecule has 33 N–H and O–H groups in total. The smallest absolute Gasteiger partial charge is 0.326 e. The van der Waals surface area contributed by atoms with Gasteiger partial charge in [-0.15, -0.1) is 0 Å². The van der Waals surface area contributed by atoms with E-state index in [9.17, 15) is 67.7 Å². The standard InChI is InChI=1S/C77H129N25O16/c1-7-45(6)62(72(115)96-53(25-17-35-90-77(86)87)73(116)102-36-18-26-59(102)71(114)95-50(21-11-13-31-78)66(109)99-56(38-44(4)5)69(112)97-54(74(117)118)22-12-14-32-79)101-67(110)52(24-16-34-89-76(84)85)93-65(108)51(23-15-33-88-75(82)83)94-68(111)55(37-43(2)3)100-70(113)57(40-46-19-9-8-10-20-46)92-61(105)42-91-64(107)58(41-60(81)104)98-63(106)49(80)39-47-27-29-48(103)30-28-47/h8-10,19-20,27-30,43-45,49-59,62,103H,7,11-18,21-26,31-42,78-80H2,1-6H3,(H2,81,104)(H,91,107)(H,92,105)(H,93,108)(H,94,111)(H,95,114)(H,96,115)(H,97,112)(H,98,106)(H,99,109)(H,100,113)(H,101,110)(H,117,118)(H4,82,83,88)(H4,84,85,89)(H4,86,87,90)/t45?,49-,50-,51-,52-,53-,54-,55-,56-,57-,58+,59-,62-/m0/s1. The molecule has 41 nitrogen and oxygen atoms in total. The first kappa shape index (κ1) is 101. The van der Waals surface area contributed by atoms with Crippen LogP contribution in [0.4, 0.5) is 0 Å². The lowest BCUT2D eigenvalue weighted by molar-refractivity contribution is -0.143. The summed E-state index contributed by atoms with van der Waals surface area (Å²) < 4.78 is 0. The number of hydrogen-bond donors (Lipinski definition) is 23. The Morgan fingerprint density at radius 2 is 0.890 bits per heavy atom. The summed E-state index contributed by atoms with van der Waals surface area (Å²) in [7, 11) is 0. The molecule has 1 heterocycles. The van der Waals surface area contributed by atoms with E-state index in [0.717, 1.165) is 0 Å². The van der Waals surface area contributed by atoms with Gasteiger partial charge in [0.25, 0.3) is 0 Å². The number of hydrogen-bond acceptors (Lipinski definition) is 21. The van der Waals surface area contributed by atoms with Gasteiger partial charge in [0.2, 0.25) is 76.8 Å². The molecule has 13 amide bonds. The van der Waals surface area contributed by atoms with E-state index in [2.05, 4.69) is 73.5 Å². The molecule has 0 saturated carbocycles. The van der Waals surface area contributed by atoms with Crippen LogP contribution in [0.3, 0.4) is 0 Å². The fourth-order valence-electron chi connectivity index (χ4n) is 12.8. The average Bonchev–Trinajstić information content (AvgIpc) is 1.63. The van der Waals surface area contributed by atoms with Crippen molar-refractivity contribution in [3.8, 4) is 5.75 Å². The molecule has 2 aromatic carbocycles. The fraction of sp³-hybridized carbons (Fsp3) is 0.623. The lowest BCUT2D eigenvalue weighted by Crippen LogP contribution is -2.61. The molecular weight excluding hydrogens is 1530 g/mol. The highest BCUT2D eigenvalue weighted by molar-refractivity contribution is 6.00. The second-order valence-corrected chi connectivity index (χ2v) is 30.2. The molecular formula is C77H129N25O16. The zero-order valence-corrected chi connectivity index (χ0v) is 68.6. The van der Waals surface area contributed by atoms with E-state index >= 15 is 9.59 Å². The Bertz CT molecular complexity index is 3690. The Morgan fingerprint density at radius 3 is 1.36 bits per heavy atom. The number of nitrogens with zero attached hydrogens (tertiary/aromatic N) is 4. The number of carboxylic acids is 1. The lowest BCUT2D eigenvalue weighted by atomic mass is 9.96. The van der Waals surface area contributed by atoms with Gasteiger partial charge in [-0.05, 0) is 163 Å². The summed E-state index contributed by atoms with van der Waals surface area (Å²) in [5, 5.41) is 48.7. The van der Waals surface area contributed by atoms with Crippen LogP contribution in [0.5, 0.6) is 5.75 Å². The van der Waals surface area contributed by atoms with Gasteiger partial charge in [0.15, 0.2) is 17.9 Å². The van der Waals surface area contributed by atoms with E-state index in [1.807, 2.05) is 13.8 Å². The number of carboxylic acid groups (broad SMARTS) is 1. The molecule has 1 saturated heterocycles. The average molecular weight is 1660 g/mol. The van der Waals surface area contributed by atoms with Crippen LogP contribution in [0.25, 0.3) is 0 Å². The number of primary amides is 1. The molecule has 1 unspecified atom stereocenters. The molecule has 0 spiro atoms. The van der Waals surface area contributed by atoms with Crippen LogP contribution >= 0.6 is 0 Å². The van der Waals surface area contributed by atoms with Crippen molar-refractivity contribution in [2.75, 3.05) is 45.8 Å². The highest BCUT2D eigenvalue weighted by Gasteiger charge is 2.42. The Labute approximate surface area is 688 Å². The first-order chi connectivity index (χ1) is 55.9. The minimum Gasteiger partial charge on any atom is -0.508 e. The van der Waals surface area contributed by atoms with Crippen LogP contribution in [0.15, 0.2) is 69.6 Å². The van der Waals surface area contributed by atoms with Crippen molar-refractivity contribution in [1.82, 2.24) is 63.4 Å². The van der Waals surface area contributed by atoms with Gasteiger partial charge in [0.05, 0.1) is 19.0 Å². The van der Waals surface area contributed by atoms with E-state index in [0.29, 0.717) is 49.8 Å². The summed E-state index contributed by atoms with van der Waals surface area (Å²) in [6, 6.07) is -2.13. The zero-order valence-electron chi connectivity index (χ0n) is 68.6. The van der Waals surface area contributed by atoms with Crippen molar-refractivity contribution in [3.63, 3.8) is 0 Å². The van der Waals surface area contributed by atoms with Gasteiger partial charge < -0.3 is 131 Å². The minimum atomic E-state index is -1.59. The van der Waals surface area contributed by atoms with Gasteiger partial charge in [-0.2, -0.15) is 0 Å². The molecule has 0 radical (unpaired) electrons. The summed E-state index contributed by atoms with van der Waals surface area (Å²) in [4.78, 5) is 210. The zero-order chi connectivity index (χ0) is 88.1. The maximum absolute atomic E-state index is 15.1. The third kappa shape index (κ3) is 38.5. The van der Waals surface area contributed by atoms with Crippen molar-refractivity contribution in [3.05, 3.63) is 65.7 Å². The van der Waals surface area contributed by atoms with Gasteiger partial charge in [0.1, 0.15) is 72.2 Å². The van der Waals surface area contributed by atoms with Crippen molar-refractivity contribution >= 4 is 101 Å². The fourth-order valence-corrected chi connectivity index (χ4v) is 12.8. The monoisotopic (exact) mass is 1660 g/mol. The Kier molecular flexibility index (Phi) is 45.8. The number of phenolic OH excluding ortho intramolecular Hbond substituents is 1. The Balaban J connectivity index is 2.00. The van der Waals surface area contributed by atoms with Crippen LogP contribution < -0.4 is 116 Å². The summed E-state index contributed by atoms with van der Waals surface area (Å²) in [6.45, 7) is 10.2. The van der Waals surface area contributed by atoms with E-state index in [-0.39, 0.29) is 158 Å². The van der Waals surface area contributed by atoms with Crippen LogP contribution in [-0.2, 0) is 80.0 Å². The quantitative estimate of drug-likeness (QED) is 0.0167. The number of amides is 13. The molecule has 1 aliphatic rings. The number of unbranched alkanes of at least 4 members (excludes halogenated alkanes) is 2. The van der Waals surface area contributed by atoms with Crippen molar-refractivity contribution in [2.45, 2.75) is 242 Å². The topological polar surface area (TPSA) is 712 Å². The molecule has 658 valence electrons. The van der Waals surface area contributed by atoms with E-state index in [1.165, 1.54) is 29.2 Å². The van der Waals surface area contributed by atoms with Gasteiger partial charge in [-0.25, -0.2) is 4.79 Å². The van der Waals surface area contributed by atoms with Gasteiger partial charge in [-0.1, -0.05) is 90.4 Å². The number of aliphatic carboxylic acids is 1. The first-order valence-corrected chi connectivity index (χ1v) is 40.1. The number of aliphatic imine (C=N–C) groups is 3. The van der Waals surface area contributed by atoms with Crippen molar-refractivity contribution in [2.24, 2.45) is 90.1 Å². The molecule has 13 atom stereocenters. The predicted octanol–water partition coefficient (Wildman–Crippen LogP) is -5.02. The van der Waals surface area contributed by atoms with Crippen LogP contribution in [0.1, 0.15) is 168 Å². The van der Waals surface area contributed by atoms with E-state index in [1.54, 1.807) is 58.0 Å². The Hall–Kier alpha value is -11.5. The molecule has 3 rings (SSSR count). The summed E-state index contributed by atoms with van der Waals surface area (Å²) in [6.07, 6.45) is 1.56. The van der Waals surface area contributed by atoms with Gasteiger partial charge in [-0.3, -0.25) is 77.3 Å². The SMILES string of the molecule is CCC(C)[C@H](NC(=O)[C@H](CCCN=C(N)N)NC(=O)[C@H](CCCN=C(N)N)NC(=O)[C@H](CC(C)C)NC(=O)[C@H](Cc1ccccc1)NC(=O)CNC(=O)[C@@H](CC(N)=O)NC(=O)[C@@H](N)Cc1ccc(O)cc1)C(=O)N[C@@H](CCCN=C(N)N)C(=O)N1CCC[C@H]1C(=O)N[C@@H](CCCCN)C(=O)N[C@@H](CC(C)C)C(=O)N[C@@H](CCCCN)C(=O)O. The molecule has 0 bridgehead atoms. The Morgan fingerprint density at radius 1 is 0.466 bits per heavy atom. The number of nitrogens with one attached hydrogen (secondary N) is 11. The second kappa shape index (κ2) is 53.7. The summed E-state index contributed by atoms with van der Waals surface area (Å²) >= 11 is 0. The maximum Gasteiger partial charge on any atom is 0.326 e. The number of nitrogens with two attached hydrogens (primary N) is 10. The molecule has 0 aromatic heterocycles. The molecule has 118 heavy (non-hydrogen) atoms. The minimum absolute atomic E-state index is 0.000242. The van der Waals surface area contributed by atoms with E-state index in [4.69, 9.17) is 57.3 Å². The number of benzene rings is 2. The molecule has 41 heteroatoms. The number of aromatic hydroxyl groups is 1. The number of guanidine groups is 3. The van der Waals surface area contributed by atoms with Crippen LogP contribution in [0, 0.1) is 17.8 Å². The lowest BCUT2D eigenvalue weighted by Gasteiger charge is -2.32. The maximum atomic E-state index is 15.1. The van der Waals surface area contributed by atoms with Gasteiger partial charge in [0, 0.05) is 32.6 Å². The molecule has 0 aliphatic carbocycles. The highest BCUT2D eigenvalue weighted by atomic mass is 16.4. The van der Waals surface area contributed by atoms with Crippen LogP contribution in [-0.4, -0.2) is 234 Å². The number of phenols is 1. The van der Waals surface area contributed by atoms with Crippen LogP contribution in [0.2, 0.25) is 0 Å². The van der Waals surface area contributed by atoms with Gasteiger partial charge >= 0.3 is 5.97 Å². The third-order valence-electron chi connectivity index (χ3n) is 19.3. The van der Waals surface area contributed by atoms with E-state index < -0.39 is 174 Å². The normalized spacial score (nSPS) is 15.4. The highest BCUT2D eigenvalue weighted by Crippen LogP contribution is 2.23. The number of rotatable bonds is 56. The molecule has 2 aromatic rings. The van der Waals surface area contributed by atoms with Crippen molar-refractivity contribution in [1.29, 1.82) is 0 Å². The second-order valence-electron chi connectivity index (χ2n) is 30.2. The van der Waals surface area contributed by atoms with Crippen molar-refractivity contribution < 1.29 is 77.3 Å². The predicted molar refractivity (Wildman–Crippen MR) is 442 cm³/mol. The third-order valence-corrected chi connectivity index (χ3v) is 19.3. The summed E-state index contributed by atoms with van der Waals surface area (Å²) in [5.74, 6) is -14.4. The number of carbonyl (C=O) groups is 14. The number of likely N-dealkylation sites (tertiary alicyclic amines) is 1. The first-order valence-electron chi connectivity index (χ1n) is 40.1. The molecule has 1 fully saturated rings. The molecule has 1 aliphatic heterocycles. The number of carbonyl (C=O) groups excluding carboxylic acids is 13. The largest absolute Gasteiger partial charge is 0.508 e. The summed E-state index contributed by atoms with van der Waals surface area (Å²) in [5.41, 5.74) is 58.0.